The Labute approximate surface area is 176 Å². The minimum absolute atomic E-state index is 0. The van der Waals surface area contributed by atoms with Crippen molar-refractivity contribution in [3.63, 3.8) is 0 Å². The zero-order valence-electron chi connectivity index (χ0n) is 16.9. The third-order valence-electron chi connectivity index (χ3n) is 5.18. The number of hydrogen-bond acceptors (Lipinski definition) is 3. The zero-order valence-corrected chi connectivity index (χ0v) is 19.2. The van der Waals surface area contributed by atoms with Crippen molar-refractivity contribution in [2.24, 2.45) is 10.9 Å². The maximum atomic E-state index is 5.42. The van der Waals surface area contributed by atoms with Gasteiger partial charge < -0.3 is 19.5 Å². The molecule has 2 unspecified atom stereocenters. The van der Waals surface area contributed by atoms with Crippen LogP contribution in [0.3, 0.4) is 0 Å². The van der Waals surface area contributed by atoms with Crippen molar-refractivity contribution in [3.8, 4) is 0 Å². The summed E-state index contributed by atoms with van der Waals surface area (Å²) in [5.41, 5.74) is 0. The number of nitrogens with zero attached hydrogens (tertiary/aromatic N) is 3. The van der Waals surface area contributed by atoms with E-state index in [-0.39, 0.29) is 24.0 Å². The predicted octanol–water partition coefficient (Wildman–Crippen LogP) is 3.85. The Morgan fingerprint density at radius 3 is 2.77 bits per heavy atom. The number of guanidine groups is 1. The van der Waals surface area contributed by atoms with Gasteiger partial charge in [-0.05, 0) is 50.9 Å². The Kier molecular flexibility index (Phi) is 11.3. The molecule has 0 aliphatic carbocycles. The largest absolute Gasteiger partial charge is 0.469 e. The molecule has 1 fully saturated rings. The summed E-state index contributed by atoms with van der Waals surface area (Å²) < 4.78 is 5.42. The fraction of sp³-hybridized carbons (Fsp3) is 0.750. The fourth-order valence-electron chi connectivity index (χ4n) is 3.31. The highest BCUT2D eigenvalue weighted by molar-refractivity contribution is 14.0. The topological polar surface area (TPSA) is 44.0 Å². The van der Waals surface area contributed by atoms with E-state index in [1.165, 1.54) is 13.0 Å². The van der Waals surface area contributed by atoms with E-state index in [0.717, 1.165) is 63.2 Å². The highest BCUT2D eigenvalue weighted by Gasteiger charge is 2.26. The minimum atomic E-state index is 0. The highest BCUT2D eigenvalue weighted by atomic mass is 127. The van der Waals surface area contributed by atoms with Crippen molar-refractivity contribution >= 4 is 29.9 Å². The molecule has 2 heterocycles. The fourth-order valence-corrected chi connectivity index (χ4v) is 3.31. The molecule has 1 saturated heterocycles. The summed E-state index contributed by atoms with van der Waals surface area (Å²) in [7, 11) is 0. The molecule has 1 aromatic rings. The minimum Gasteiger partial charge on any atom is -0.469 e. The molecule has 0 spiro atoms. The van der Waals surface area contributed by atoms with E-state index < -0.39 is 0 Å². The molecule has 2 rings (SSSR count). The van der Waals surface area contributed by atoms with Crippen LogP contribution in [-0.2, 0) is 6.42 Å². The van der Waals surface area contributed by atoms with Crippen molar-refractivity contribution in [2.75, 3.05) is 39.3 Å². The second-order valence-corrected chi connectivity index (χ2v) is 7.07. The third kappa shape index (κ3) is 7.47. The van der Waals surface area contributed by atoms with Gasteiger partial charge in [-0.1, -0.05) is 20.8 Å². The Balaban J connectivity index is 0.00000338. The molecule has 0 bridgehead atoms. The summed E-state index contributed by atoms with van der Waals surface area (Å²) in [5.74, 6) is 2.82. The number of halogens is 1. The van der Waals surface area contributed by atoms with E-state index in [9.17, 15) is 0 Å². The summed E-state index contributed by atoms with van der Waals surface area (Å²) >= 11 is 0. The molecule has 0 aromatic carbocycles. The molecule has 0 saturated carbocycles. The third-order valence-corrected chi connectivity index (χ3v) is 5.18. The van der Waals surface area contributed by atoms with Gasteiger partial charge in [0, 0.05) is 38.6 Å². The first-order chi connectivity index (χ1) is 12.2. The van der Waals surface area contributed by atoms with Gasteiger partial charge in [-0.2, -0.15) is 0 Å². The second kappa shape index (κ2) is 12.6. The first-order valence-electron chi connectivity index (χ1n) is 9.96. The van der Waals surface area contributed by atoms with Gasteiger partial charge in [0.05, 0.1) is 6.26 Å². The molecule has 1 aromatic heterocycles. The Morgan fingerprint density at radius 2 is 2.15 bits per heavy atom. The molecule has 150 valence electrons. The van der Waals surface area contributed by atoms with Crippen LogP contribution >= 0.6 is 24.0 Å². The number of rotatable bonds is 9. The Morgan fingerprint density at radius 1 is 1.38 bits per heavy atom. The molecule has 6 heteroatoms. The van der Waals surface area contributed by atoms with E-state index in [4.69, 9.17) is 9.41 Å². The predicted molar refractivity (Wildman–Crippen MR) is 120 cm³/mol. The van der Waals surface area contributed by atoms with E-state index in [1.54, 1.807) is 6.26 Å². The first-order valence-corrected chi connectivity index (χ1v) is 9.96. The Bertz CT molecular complexity index is 502. The lowest BCUT2D eigenvalue weighted by Crippen LogP contribution is -2.44. The molecule has 5 nitrogen and oxygen atoms in total. The standard InChI is InChI=1S/C20H36N4O.HI/c1-5-17(4)22-20(21-12-10-19-9-8-14-25-19)24-13-11-18(16-24)15-23(6-2)7-3;/h8-9,14,17-18H,5-7,10-13,15-16H2,1-4H3,(H,21,22);1H. The molecule has 1 N–H and O–H groups in total. The van der Waals surface area contributed by atoms with Crippen molar-refractivity contribution < 1.29 is 4.42 Å². The molecule has 2 atom stereocenters. The monoisotopic (exact) mass is 476 g/mol. The molecule has 1 aliphatic rings. The van der Waals surface area contributed by atoms with Gasteiger partial charge in [0.1, 0.15) is 5.76 Å². The van der Waals surface area contributed by atoms with E-state index in [2.05, 4.69) is 42.8 Å². The SMILES string of the molecule is CCC(C)NC(=NCCc1ccco1)N1CCC(CN(CC)CC)C1.I. The molecule has 1 aliphatic heterocycles. The average Bonchev–Trinajstić information content (AvgIpc) is 3.30. The number of nitrogens with one attached hydrogen (secondary N) is 1. The van der Waals surface area contributed by atoms with Gasteiger partial charge in [-0.15, -0.1) is 24.0 Å². The maximum Gasteiger partial charge on any atom is 0.194 e. The van der Waals surface area contributed by atoms with Crippen LogP contribution in [0.5, 0.6) is 0 Å². The summed E-state index contributed by atoms with van der Waals surface area (Å²) in [6.07, 6.45) is 4.95. The van der Waals surface area contributed by atoms with Crippen LogP contribution in [0.2, 0.25) is 0 Å². The summed E-state index contributed by atoms with van der Waals surface area (Å²) in [6.45, 7) is 15.4. The van der Waals surface area contributed by atoms with Gasteiger partial charge >= 0.3 is 0 Å². The van der Waals surface area contributed by atoms with Crippen LogP contribution in [0.15, 0.2) is 27.8 Å². The lowest BCUT2D eigenvalue weighted by molar-refractivity contribution is 0.255. The summed E-state index contributed by atoms with van der Waals surface area (Å²) in [6, 6.07) is 4.41. The lowest BCUT2D eigenvalue weighted by atomic mass is 10.1. The number of hydrogen-bond donors (Lipinski definition) is 1. The number of likely N-dealkylation sites (tertiary alicyclic amines) is 1. The quantitative estimate of drug-likeness (QED) is 0.334. The van der Waals surface area contributed by atoms with Crippen LogP contribution in [0, 0.1) is 5.92 Å². The van der Waals surface area contributed by atoms with Gasteiger partial charge in [-0.25, -0.2) is 0 Å². The van der Waals surface area contributed by atoms with Crippen molar-refractivity contribution in [1.82, 2.24) is 15.1 Å². The van der Waals surface area contributed by atoms with Gasteiger partial charge in [0.15, 0.2) is 5.96 Å². The van der Waals surface area contributed by atoms with Crippen molar-refractivity contribution in [1.29, 1.82) is 0 Å². The number of aliphatic imine (C=N–C) groups is 1. The molecular formula is C20H37IN4O. The molecule has 0 radical (unpaired) electrons. The zero-order chi connectivity index (χ0) is 18.1. The van der Waals surface area contributed by atoms with Crippen LogP contribution < -0.4 is 5.32 Å². The maximum absolute atomic E-state index is 5.42. The Hall–Kier alpha value is -0.760. The van der Waals surface area contributed by atoms with Crippen LogP contribution in [0.25, 0.3) is 0 Å². The lowest BCUT2D eigenvalue weighted by Gasteiger charge is -2.26. The molecular weight excluding hydrogens is 439 g/mol. The average molecular weight is 476 g/mol. The normalized spacial score (nSPS) is 18.9. The van der Waals surface area contributed by atoms with Crippen LogP contribution in [0.4, 0.5) is 0 Å². The van der Waals surface area contributed by atoms with Gasteiger partial charge in [-0.3, -0.25) is 4.99 Å². The van der Waals surface area contributed by atoms with Gasteiger partial charge in [0.2, 0.25) is 0 Å². The number of furan rings is 1. The van der Waals surface area contributed by atoms with Crippen LogP contribution in [-0.4, -0.2) is 61.1 Å². The smallest absolute Gasteiger partial charge is 0.194 e. The van der Waals surface area contributed by atoms with Crippen molar-refractivity contribution in [2.45, 2.75) is 53.0 Å². The van der Waals surface area contributed by atoms with Crippen molar-refractivity contribution in [3.05, 3.63) is 24.2 Å². The highest BCUT2D eigenvalue weighted by Crippen LogP contribution is 2.18. The van der Waals surface area contributed by atoms with E-state index in [0.29, 0.717) is 6.04 Å². The second-order valence-electron chi connectivity index (χ2n) is 7.07. The summed E-state index contributed by atoms with van der Waals surface area (Å²) in [4.78, 5) is 9.86. The van der Waals surface area contributed by atoms with Gasteiger partial charge in [0.25, 0.3) is 0 Å². The van der Waals surface area contributed by atoms with Crippen LogP contribution in [0.1, 0.15) is 46.3 Å². The molecule has 26 heavy (non-hydrogen) atoms. The molecule has 0 amide bonds. The van der Waals surface area contributed by atoms with E-state index >= 15 is 0 Å². The summed E-state index contributed by atoms with van der Waals surface area (Å²) in [5, 5.41) is 3.62. The first kappa shape index (κ1) is 23.3. The van der Waals surface area contributed by atoms with E-state index in [1.807, 2.05) is 12.1 Å².